The summed E-state index contributed by atoms with van der Waals surface area (Å²) < 4.78 is 0. The predicted molar refractivity (Wildman–Crippen MR) is 64.3 cm³/mol. The second-order valence-electron chi connectivity index (χ2n) is 3.96. The minimum absolute atomic E-state index is 0.389. The Morgan fingerprint density at radius 2 is 2.07 bits per heavy atom. The summed E-state index contributed by atoms with van der Waals surface area (Å²) in [5.74, 6) is 1.45. The summed E-state index contributed by atoms with van der Waals surface area (Å²) in [5.41, 5.74) is 0.911. The molecule has 1 heterocycles. The molecule has 0 aromatic carbocycles. The van der Waals surface area contributed by atoms with Crippen molar-refractivity contribution in [3.63, 3.8) is 0 Å². The minimum atomic E-state index is 0.389. The van der Waals surface area contributed by atoms with Crippen molar-refractivity contribution in [3.05, 3.63) is 17.0 Å². The zero-order valence-corrected chi connectivity index (χ0v) is 10.5. The average Bonchev–Trinajstić information content (AvgIpc) is 2.23. The molecule has 0 radical (unpaired) electrons. The maximum atomic E-state index is 5.92. The van der Waals surface area contributed by atoms with Crippen LogP contribution in [0, 0.1) is 12.8 Å². The third kappa shape index (κ3) is 3.06. The summed E-state index contributed by atoms with van der Waals surface area (Å²) in [6.07, 6.45) is 2.63. The fourth-order valence-electron chi connectivity index (χ4n) is 1.29. The van der Waals surface area contributed by atoms with Gasteiger partial charge >= 0.3 is 0 Å². The van der Waals surface area contributed by atoms with E-state index in [-0.39, 0.29) is 0 Å². The lowest BCUT2D eigenvalue weighted by atomic mass is 10.0. The lowest BCUT2D eigenvalue weighted by molar-refractivity contribution is 0.493. The van der Waals surface area contributed by atoms with Gasteiger partial charge in [-0.2, -0.15) is 0 Å². The van der Waals surface area contributed by atoms with E-state index < -0.39 is 0 Å². The number of rotatable bonds is 4. The number of nitrogens with zero attached hydrogens (tertiary/aromatic N) is 2. The molecule has 1 aromatic rings. The van der Waals surface area contributed by atoms with Crippen LogP contribution in [-0.4, -0.2) is 16.0 Å². The molecule has 0 fully saturated rings. The third-order valence-electron chi connectivity index (χ3n) is 2.88. The number of aromatic nitrogens is 2. The summed E-state index contributed by atoms with van der Waals surface area (Å²) in [4.78, 5) is 8.12. The largest absolute Gasteiger partial charge is 0.367 e. The van der Waals surface area contributed by atoms with E-state index in [1.165, 1.54) is 6.33 Å². The van der Waals surface area contributed by atoms with Crippen LogP contribution in [0.1, 0.15) is 32.8 Å². The van der Waals surface area contributed by atoms with Crippen LogP contribution >= 0.6 is 11.6 Å². The van der Waals surface area contributed by atoms with E-state index in [4.69, 9.17) is 11.6 Å². The van der Waals surface area contributed by atoms with Crippen molar-refractivity contribution >= 4 is 17.4 Å². The van der Waals surface area contributed by atoms with Gasteiger partial charge in [0, 0.05) is 11.6 Å². The van der Waals surface area contributed by atoms with E-state index in [0.29, 0.717) is 17.1 Å². The zero-order chi connectivity index (χ0) is 11.4. The van der Waals surface area contributed by atoms with Crippen LogP contribution in [0.2, 0.25) is 5.15 Å². The van der Waals surface area contributed by atoms with Crippen molar-refractivity contribution in [1.29, 1.82) is 0 Å². The van der Waals surface area contributed by atoms with Gasteiger partial charge in [-0.3, -0.25) is 0 Å². The van der Waals surface area contributed by atoms with Gasteiger partial charge in [0.1, 0.15) is 17.3 Å². The molecule has 0 saturated heterocycles. The van der Waals surface area contributed by atoms with Gasteiger partial charge in [0.25, 0.3) is 0 Å². The lowest BCUT2D eigenvalue weighted by Crippen LogP contribution is -2.24. The quantitative estimate of drug-likeness (QED) is 0.803. The predicted octanol–water partition coefficient (Wildman–Crippen LogP) is 3.28. The van der Waals surface area contributed by atoms with Crippen molar-refractivity contribution in [3.8, 4) is 0 Å². The van der Waals surface area contributed by atoms with E-state index in [1.807, 2.05) is 6.92 Å². The number of nitrogens with one attached hydrogen (secondary N) is 1. The lowest BCUT2D eigenvalue weighted by Gasteiger charge is -2.21. The topological polar surface area (TPSA) is 37.8 Å². The highest BCUT2D eigenvalue weighted by atomic mass is 35.5. The highest BCUT2D eigenvalue weighted by molar-refractivity contribution is 6.30. The Hall–Kier alpha value is -0.830. The minimum Gasteiger partial charge on any atom is -0.367 e. The van der Waals surface area contributed by atoms with Crippen molar-refractivity contribution in [2.45, 2.75) is 40.2 Å². The fraction of sp³-hybridized carbons (Fsp3) is 0.636. The van der Waals surface area contributed by atoms with Gasteiger partial charge < -0.3 is 5.32 Å². The van der Waals surface area contributed by atoms with E-state index >= 15 is 0 Å². The molecule has 1 N–H and O–H groups in total. The van der Waals surface area contributed by atoms with Gasteiger partial charge in [-0.15, -0.1) is 0 Å². The molecule has 1 rings (SSSR count). The summed E-state index contributed by atoms with van der Waals surface area (Å²) in [7, 11) is 0. The maximum Gasteiger partial charge on any atom is 0.137 e. The van der Waals surface area contributed by atoms with Crippen LogP contribution in [0.4, 0.5) is 5.82 Å². The Morgan fingerprint density at radius 1 is 1.40 bits per heavy atom. The summed E-state index contributed by atoms with van der Waals surface area (Å²) in [6.45, 7) is 8.48. The molecular formula is C11H18ClN3. The van der Waals surface area contributed by atoms with Gasteiger partial charge in [-0.25, -0.2) is 9.97 Å². The molecular weight excluding hydrogens is 210 g/mol. The van der Waals surface area contributed by atoms with Crippen LogP contribution in [0.25, 0.3) is 0 Å². The molecule has 1 aromatic heterocycles. The van der Waals surface area contributed by atoms with E-state index in [9.17, 15) is 0 Å². The van der Waals surface area contributed by atoms with Gasteiger partial charge in [0.15, 0.2) is 0 Å². The van der Waals surface area contributed by atoms with Crippen molar-refractivity contribution in [1.82, 2.24) is 9.97 Å². The third-order valence-corrected chi connectivity index (χ3v) is 3.27. The first-order chi connectivity index (χ1) is 7.06. The Bertz CT molecular complexity index is 328. The first-order valence-corrected chi connectivity index (χ1v) is 5.67. The standard InChI is InChI=1S/C11H18ClN3/c1-5-7(2)9(4)15-11-8(3)10(12)13-6-14-11/h6-7,9H,5H2,1-4H3,(H,13,14,15). The van der Waals surface area contributed by atoms with Gasteiger partial charge in [0.05, 0.1) is 0 Å². The number of hydrogen-bond acceptors (Lipinski definition) is 3. The van der Waals surface area contributed by atoms with Gasteiger partial charge in [0.2, 0.25) is 0 Å². The Kier molecular flexibility index (Phi) is 4.33. The van der Waals surface area contributed by atoms with E-state index in [2.05, 4.69) is 36.1 Å². The molecule has 0 aliphatic rings. The second-order valence-corrected chi connectivity index (χ2v) is 4.31. The molecule has 4 heteroatoms. The maximum absolute atomic E-state index is 5.92. The van der Waals surface area contributed by atoms with Crippen LogP contribution in [0.5, 0.6) is 0 Å². The molecule has 84 valence electrons. The van der Waals surface area contributed by atoms with Crippen molar-refractivity contribution in [2.75, 3.05) is 5.32 Å². The molecule has 0 spiro atoms. The smallest absolute Gasteiger partial charge is 0.137 e. The summed E-state index contributed by atoms with van der Waals surface area (Å²) >= 11 is 5.92. The summed E-state index contributed by atoms with van der Waals surface area (Å²) in [5, 5.41) is 3.88. The fourth-order valence-corrected chi connectivity index (χ4v) is 1.42. The Labute approximate surface area is 96.3 Å². The Morgan fingerprint density at radius 3 is 2.67 bits per heavy atom. The Balaban J connectivity index is 2.76. The van der Waals surface area contributed by atoms with Crippen LogP contribution < -0.4 is 5.32 Å². The van der Waals surface area contributed by atoms with Crippen LogP contribution in [0.15, 0.2) is 6.33 Å². The van der Waals surface area contributed by atoms with E-state index in [1.54, 1.807) is 0 Å². The second kappa shape index (κ2) is 5.31. The molecule has 0 amide bonds. The highest BCUT2D eigenvalue weighted by Gasteiger charge is 2.12. The molecule has 15 heavy (non-hydrogen) atoms. The van der Waals surface area contributed by atoms with Gasteiger partial charge in [-0.1, -0.05) is 31.9 Å². The first-order valence-electron chi connectivity index (χ1n) is 5.29. The number of halogens is 1. The van der Waals surface area contributed by atoms with Crippen molar-refractivity contribution < 1.29 is 0 Å². The zero-order valence-electron chi connectivity index (χ0n) is 9.71. The van der Waals surface area contributed by atoms with Crippen LogP contribution in [0.3, 0.4) is 0 Å². The monoisotopic (exact) mass is 227 g/mol. The van der Waals surface area contributed by atoms with Crippen LogP contribution in [-0.2, 0) is 0 Å². The van der Waals surface area contributed by atoms with Crippen molar-refractivity contribution in [2.24, 2.45) is 5.92 Å². The molecule has 3 nitrogen and oxygen atoms in total. The first kappa shape index (κ1) is 12.2. The molecule has 0 aliphatic carbocycles. The molecule has 0 aliphatic heterocycles. The van der Waals surface area contributed by atoms with E-state index in [0.717, 1.165) is 17.8 Å². The molecule has 2 atom stereocenters. The highest BCUT2D eigenvalue weighted by Crippen LogP contribution is 2.20. The SMILES string of the molecule is CCC(C)C(C)Nc1ncnc(Cl)c1C. The van der Waals surface area contributed by atoms with Gasteiger partial charge in [-0.05, 0) is 19.8 Å². The molecule has 2 unspecified atom stereocenters. The average molecular weight is 228 g/mol. The number of hydrogen-bond donors (Lipinski definition) is 1. The molecule has 0 bridgehead atoms. The number of anilines is 1. The molecule has 0 saturated carbocycles. The normalized spacial score (nSPS) is 14.7. The summed E-state index contributed by atoms with van der Waals surface area (Å²) in [6, 6.07) is 0.389.